The van der Waals surface area contributed by atoms with Crippen LogP contribution in [0.3, 0.4) is 0 Å². The van der Waals surface area contributed by atoms with Crippen molar-refractivity contribution in [3.8, 4) is 0 Å². The van der Waals surface area contributed by atoms with E-state index in [-0.39, 0.29) is 24.3 Å². The van der Waals surface area contributed by atoms with Gasteiger partial charge in [0, 0.05) is 0 Å². The van der Waals surface area contributed by atoms with Crippen LogP contribution in [0.2, 0.25) is 0 Å². The lowest BCUT2D eigenvalue weighted by Crippen LogP contribution is -2.13. The average Bonchev–Trinajstić information content (AvgIpc) is 2.92. The van der Waals surface area contributed by atoms with Crippen molar-refractivity contribution in [2.75, 3.05) is 13.2 Å². The van der Waals surface area contributed by atoms with E-state index in [1.54, 1.807) is 48.5 Å². The molecule has 0 spiro atoms. The zero-order chi connectivity index (χ0) is 26.9. The minimum atomic E-state index is -1.19. The summed E-state index contributed by atoms with van der Waals surface area (Å²) in [5, 5.41) is 8.27. The van der Waals surface area contributed by atoms with E-state index >= 15 is 0 Å². The van der Waals surface area contributed by atoms with Crippen LogP contribution in [-0.2, 0) is 51.9 Å². The molecule has 12 heteroatoms. The Morgan fingerprint density at radius 1 is 0.541 bits per heavy atom. The van der Waals surface area contributed by atoms with Crippen molar-refractivity contribution in [2.24, 2.45) is 0 Å². The lowest BCUT2D eigenvalue weighted by atomic mass is 10.1. The van der Waals surface area contributed by atoms with Crippen LogP contribution in [0, 0.1) is 0 Å². The Labute approximate surface area is 213 Å². The predicted molar refractivity (Wildman–Crippen MR) is 123 cm³/mol. The average molecular weight is 520 g/mol. The summed E-state index contributed by atoms with van der Waals surface area (Å²) in [5.41, 5.74) is 2.55. The Hall–Kier alpha value is -4.16. The van der Waals surface area contributed by atoms with Crippen molar-refractivity contribution < 1.29 is 58.3 Å². The third-order valence-corrected chi connectivity index (χ3v) is 4.85. The summed E-state index contributed by atoms with van der Waals surface area (Å²) in [5.74, 6) is -1.67. The molecular formula is C25H28O12. The maximum atomic E-state index is 11.7. The van der Waals surface area contributed by atoms with Crippen molar-refractivity contribution in [3.63, 3.8) is 0 Å². The number of hydrogen-bond acceptors (Lipinski definition) is 12. The van der Waals surface area contributed by atoms with Gasteiger partial charge in [-0.2, -0.15) is 0 Å². The van der Waals surface area contributed by atoms with Crippen LogP contribution in [0.5, 0.6) is 0 Å². The van der Waals surface area contributed by atoms with Gasteiger partial charge in [-0.25, -0.2) is 29.0 Å². The Bertz CT molecular complexity index is 920. The van der Waals surface area contributed by atoms with Crippen molar-refractivity contribution >= 4 is 24.2 Å². The van der Waals surface area contributed by atoms with E-state index in [4.69, 9.17) is 9.47 Å². The quantitative estimate of drug-likeness (QED) is 0.143. The van der Waals surface area contributed by atoms with Gasteiger partial charge < -0.3 is 9.47 Å². The van der Waals surface area contributed by atoms with E-state index in [2.05, 4.69) is 29.6 Å². The van der Waals surface area contributed by atoms with Crippen molar-refractivity contribution in [1.29, 1.82) is 0 Å². The molecule has 12 nitrogen and oxygen atoms in total. The minimum absolute atomic E-state index is 0.0165. The first-order chi connectivity index (χ1) is 17.9. The first-order valence-corrected chi connectivity index (χ1v) is 11.5. The highest BCUT2D eigenvalue weighted by molar-refractivity contribution is 5.89. The molecule has 2 rings (SSSR count). The van der Waals surface area contributed by atoms with E-state index in [0.717, 1.165) is 24.0 Å². The fraction of sp³-hybridized carbons (Fsp3) is 0.360. The van der Waals surface area contributed by atoms with Gasteiger partial charge in [0.1, 0.15) is 0 Å². The Kier molecular flexibility index (Phi) is 13.0. The third kappa shape index (κ3) is 11.4. The van der Waals surface area contributed by atoms with Crippen molar-refractivity contribution in [1.82, 2.24) is 0 Å². The maximum absolute atomic E-state index is 11.7. The number of carbonyl (C=O) groups excluding carboxylic acids is 4. The highest BCUT2D eigenvalue weighted by atomic mass is 17.5. The second-order valence-electron chi connectivity index (χ2n) is 7.40. The number of hydrogen-bond donors (Lipinski definition) is 0. The second kappa shape index (κ2) is 16.5. The lowest BCUT2D eigenvalue weighted by molar-refractivity contribution is -0.452. The molecule has 2 aromatic carbocycles. The van der Waals surface area contributed by atoms with Gasteiger partial charge in [0.25, 0.3) is 0 Å². The molecule has 0 bridgehead atoms. The molecule has 0 saturated heterocycles. The van der Waals surface area contributed by atoms with Gasteiger partial charge in [0.2, 0.25) is 0 Å². The zero-order valence-corrected chi connectivity index (χ0v) is 20.5. The Morgan fingerprint density at radius 2 is 0.919 bits per heavy atom. The molecule has 2 aromatic rings. The standard InChI is InChI=1S/C25H28O12/c1-3-18-8-12-20(13-9-18)22(26)32-36-34-24(28)30-16-6-5-7-17-31-25(29)35-37-33-23(27)21-14-10-19(4-2)11-15-21/h8-15H,3-7,16-17H2,1-2H3. The monoisotopic (exact) mass is 520 g/mol. The van der Waals surface area contributed by atoms with Crippen LogP contribution in [0.15, 0.2) is 48.5 Å². The number of aryl methyl sites for hydroxylation is 2. The largest absolute Gasteiger partial charge is 0.543 e. The van der Waals surface area contributed by atoms with Crippen LogP contribution in [0.1, 0.15) is 65.0 Å². The second-order valence-corrected chi connectivity index (χ2v) is 7.40. The fourth-order valence-corrected chi connectivity index (χ4v) is 2.74. The molecular weight excluding hydrogens is 492 g/mol. The molecule has 0 heterocycles. The van der Waals surface area contributed by atoms with E-state index in [1.165, 1.54) is 0 Å². The molecule has 0 N–H and O–H groups in total. The first kappa shape index (κ1) is 29.1. The minimum Gasteiger partial charge on any atom is -0.432 e. The maximum Gasteiger partial charge on any atom is 0.543 e. The fourth-order valence-electron chi connectivity index (χ4n) is 2.74. The third-order valence-electron chi connectivity index (χ3n) is 4.85. The van der Waals surface area contributed by atoms with Gasteiger partial charge in [0.15, 0.2) is 0 Å². The van der Waals surface area contributed by atoms with Crippen LogP contribution >= 0.6 is 0 Å². The van der Waals surface area contributed by atoms with Crippen LogP contribution in [0.25, 0.3) is 0 Å². The molecule has 0 atom stereocenters. The van der Waals surface area contributed by atoms with Gasteiger partial charge in [0.05, 0.1) is 34.4 Å². The molecule has 37 heavy (non-hydrogen) atoms. The van der Waals surface area contributed by atoms with Gasteiger partial charge >= 0.3 is 24.2 Å². The topological polar surface area (TPSA) is 142 Å². The molecule has 0 aliphatic rings. The Morgan fingerprint density at radius 3 is 1.27 bits per heavy atom. The van der Waals surface area contributed by atoms with E-state index in [1.807, 2.05) is 13.8 Å². The number of unbranched alkanes of at least 4 members (excludes halogenated alkanes) is 2. The molecule has 0 saturated carbocycles. The summed E-state index contributed by atoms with van der Waals surface area (Å²) < 4.78 is 9.47. The molecule has 0 aliphatic heterocycles. The van der Waals surface area contributed by atoms with Gasteiger partial charge in [-0.1, -0.05) is 38.1 Å². The summed E-state index contributed by atoms with van der Waals surface area (Å²) >= 11 is 0. The molecule has 0 unspecified atom stereocenters. The highest BCUT2D eigenvalue weighted by Crippen LogP contribution is 2.08. The molecule has 0 radical (unpaired) electrons. The van der Waals surface area contributed by atoms with Gasteiger partial charge in [-0.05, 0) is 67.5 Å². The number of ether oxygens (including phenoxy) is 2. The first-order valence-electron chi connectivity index (χ1n) is 11.5. The van der Waals surface area contributed by atoms with Gasteiger partial charge in [-0.15, -0.1) is 0 Å². The summed E-state index contributed by atoms with van der Waals surface area (Å²) in [6.45, 7) is 3.93. The molecule has 0 aromatic heterocycles. The van der Waals surface area contributed by atoms with E-state index < -0.39 is 24.2 Å². The van der Waals surface area contributed by atoms with Gasteiger partial charge in [-0.3, -0.25) is 9.78 Å². The molecule has 0 aliphatic carbocycles. The molecule has 0 fully saturated rings. The zero-order valence-electron chi connectivity index (χ0n) is 20.5. The van der Waals surface area contributed by atoms with Crippen LogP contribution in [-0.4, -0.2) is 37.5 Å². The summed E-state index contributed by atoms with van der Waals surface area (Å²) in [6.07, 6.45) is 0.619. The number of benzene rings is 2. The molecule has 0 amide bonds. The lowest BCUT2D eigenvalue weighted by Gasteiger charge is -2.05. The highest BCUT2D eigenvalue weighted by Gasteiger charge is 2.13. The number of rotatable bonds is 14. The van der Waals surface area contributed by atoms with E-state index in [9.17, 15) is 19.2 Å². The molecule has 200 valence electrons. The van der Waals surface area contributed by atoms with Crippen LogP contribution in [0.4, 0.5) is 9.59 Å². The summed E-state index contributed by atoms with van der Waals surface area (Å²) in [7, 11) is 0. The van der Waals surface area contributed by atoms with Crippen molar-refractivity contribution in [2.45, 2.75) is 46.0 Å². The summed E-state index contributed by atoms with van der Waals surface area (Å²) in [4.78, 5) is 63.4. The summed E-state index contributed by atoms with van der Waals surface area (Å²) in [6, 6.07) is 13.3. The normalized spacial score (nSPS) is 10.2. The van der Waals surface area contributed by atoms with Crippen molar-refractivity contribution in [3.05, 3.63) is 70.8 Å². The Balaban J connectivity index is 1.44. The van der Waals surface area contributed by atoms with Crippen LogP contribution < -0.4 is 0 Å². The SMILES string of the molecule is CCc1ccc(C(=O)OOOC(=O)OCCCCCOC(=O)OOOC(=O)c2ccc(CC)cc2)cc1. The predicted octanol–water partition coefficient (Wildman–Crippen LogP) is 5.00. The number of carbonyl (C=O) groups is 4. The smallest absolute Gasteiger partial charge is 0.432 e. The van der Waals surface area contributed by atoms with E-state index in [0.29, 0.717) is 19.3 Å².